The van der Waals surface area contributed by atoms with Crippen molar-refractivity contribution in [2.45, 2.75) is 38.6 Å². The van der Waals surface area contributed by atoms with Gasteiger partial charge < -0.3 is 10.6 Å². The molecule has 92 valence electrons. The molecule has 0 aromatic heterocycles. The fourth-order valence-electron chi connectivity index (χ4n) is 2.16. The zero-order valence-electron chi connectivity index (χ0n) is 10.6. The van der Waals surface area contributed by atoms with E-state index < -0.39 is 0 Å². The van der Waals surface area contributed by atoms with Gasteiger partial charge in [-0.3, -0.25) is 4.79 Å². The minimum Gasteiger partial charge on any atom is -0.326 e. The third-order valence-corrected chi connectivity index (χ3v) is 3.17. The van der Waals surface area contributed by atoms with Crippen LogP contribution in [0.5, 0.6) is 0 Å². The smallest absolute Gasteiger partial charge is 0.227 e. The van der Waals surface area contributed by atoms with Crippen molar-refractivity contribution in [2.75, 3.05) is 11.4 Å². The quantitative estimate of drug-likeness (QED) is 0.867. The lowest BCUT2D eigenvalue weighted by Crippen LogP contribution is -2.35. The molecule has 1 aliphatic rings. The van der Waals surface area contributed by atoms with Gasteiger partial charge in [0, 0.05) is 24.2 Å². The highest BCUT2D eigenvalue weighted by Gasteiger charge is 2.24. The molecule has 0 atom stereocenters. The number of rotatable bonds is 3. The lowest BCUT2D eigenvalue weighted by molar-refractivity contribution is -0.118. The van der Waals surface area contributed by atoms with E-state index >= 15 is 0 Å². The number of nitrogens with two attached hydrogens (primary N) is 1. The zero-order valence-corrected chi connectivity index (χ0v) is 10.6. The molecule has 1 aromatic rings. The molecule has 0 radical (unpaired) electrons. The highest BCUT2D eigenvalue weighted by molar-refractivity contribution is 5.95. The fraction of sp³-hybridized carbons (Fsp3) is 0.500. The van der Waals surface area contributed by atoms with Gasteiger partial charge in [0.1, 0.15) is 0 Å². The molecule has 0 saturated carbocycles. The number of nitrogens with zero attached hydrogens (tertiary/aromatic N) is 1. The lowest BCUT2D eigenvalue weighted by Gasteiger charge is -2.21. The number of amides is 1. The second-order valence-electron chi connectivity index (χ2n) is 5.41. The van der Waals surface area contributed by atoms with Crippen LogP contribution in [-0.4, -0.2) is 18.0 Å². The first kappa shape index (κ1) is 12.1. The monoisotopic (exact) mass is 232 g/mol. The molecule has 1 aromatic carbocycles. The lowest BCUT2D eigenvalue weighted by atomic mass is 10.00. The molecule has 0 unspecified atom stereocenters. The van der Waals surface area contributed by atoms with Gasteiger partial charge in [-0.15, -0.1) is 0 Å². The average molecular weight is 232 g/mol. The second-order valence-corrected chi connectivity index (χ2v) is 5.41. The predicted octanol–water partition coefficient (Wildman–Crippen LogP) is 2.09. The van der Waals surface area contributed by atoms with Gasteiger partial charge >= 0.3 is 0 Å². The molecule has 0 spiro atoms. The van der Waals surface area contributed by atoms with E-state index in [9.17, 15) is 4.79 Å². The van der Waals surface area contributed by atoms with Gasteiger partial charge in [0.25, 0.3) is 0 Å². The molecule has 0 fully saturated rings. The molecule has 2 N–H and O–H groups in total. The Kier molecular flexibility index (Phi) is 3.20. The summed E-state index contributed by atoms with van der Waals surface area (Å²) >= 11 is 0. The number of hydrogen-bond donors (Lipinski definition) is 1. The molecule has 1 aliphatic heterocycles. The van der Waals surface area contributed by atoms with Crippen LogP contribution in [0.3, 0.4) is 0 Å². The molecule has 17 heavy (non-hydrogen) atoms. The number of anilines is 1. The Morgan fingerprint density at radius 3 is 2.82 bits per heavy atom. The fourth-order valence-corrected chi connectivity index (χ4v) is 2.16. The van der Waals surface area contributed by atoms with Crippen LogP contribution in [0.4, 0.5) is 5.69 Å². The van der Waals surface area contributed by atoms with E-state index in [-0.39, 0.29) is 11.4 Å². The van der Waals surface area contributed by atoms with E-state index in [0.717, 1.165) is 25.1 Å². The van der Waals surface area contributed by atoms with Crippen LogP contribution < -0.4 is 10.6 Å². The van der Waals surface area contributed by atoms with Crippen LogP contribution in [0.2, 0.25) is 0 Å². The molecule has 1 amide bonds. The standard InChI is InChI=1S/C14H20N2O/c1-14(2,15)9-7-13(17)16-10-8-11-5-3-4-6-12(11)16/h3-6H,7-10,15H2,1-2H3. The number of carbonyl (C=O) groups is 1. The molecule has 1 heterocycles. The van der Waals surface area contributed by atoms with Gasteiger partial charge in [-0.25, -0.2) is 0 Å². The predicted molar refractivity (Wildman–Crippen MR) is 70.0 cm³/mol. The van der Waals surface area contributed by atoms with E-state index in [1.165, 1.54) is 5.56 Å². The maximum absolute atomic E-state index is 12.1. The van der Waals surface area contributed by atoms with Crippen molar-refractivity contribution < 1.29 is 4.79 Å². The van der Waals surface area contributed by atoms with Crippen LogP contribution in [0, 0.1) is 0 Å². The van der Waals surface area contributed by atoms with Gasteiger partial charge in [0.2, 0.25) is 5.91 Å². The normalized spacial score (nSPS) is 14.9. The Bertz CT molecular complexity index is 420. The SMILES string of the molecule is CC(C)(N)CCC(=O)N1CCc2ccccc21. The summed E-state index contributed by atoms with van der Waals surface area (Å²) in [6.07, 6.45) is 2.22. The van der Waals surface area contributed by atoms with E-state index in [1.807, 2.05) is 36.9 Å². The van der Waals surface area contributed by atoms with Gasteiger partial charge in [0.15, 0.2) is 0 Å². The summed E-state index contributed by atoms with van der Waals surface area (Å²) in [4.78, 5) is 14.0. The summed E-state index contributed by atoms with van der Waals surface area (Å²) in [5.74, 6) is 0.188. The molecule has 0 saturated heterocycles. The van der Waals surface area contributed by atoms with Crippen LogP contribution >= 0.6 is 0 Å². The molecular weight excluding hydrogens is 212 g/mol. The first-order chi connectivity index (χ1) is 7.97. The Hall–Kier alpha value is -1.35. The van der Waals surface area contributed by atoms with Crippen molar-refractivity contribution >= 4 is 11.6 Å². The summed E-state index contributed by atoms with van der Waals surface area (Å²) in [6, 6.07) is 8.12. The second kappa shape index (κ2) is 4.49. The van der Waals surface area contributed by atoms with Crippen LogP contribution in [0.1, 0.15) is 32.3 Å². The highest BCUT2D eigenvalue weighted by atomic mass is 16.2. The minimum atomic E-state index is -0.269. The van der Waals surface area contributed by atoms with Crippen LogP contribution in [-0.2, 0) is 11.2 Å². The van der Waals surface area contributed by atoms with Crippen LogP contribution in [0.25, 0.3) is 0 Å². The minimum absolute atomic E-state index is 0.188. The highest BCUT2D eigenvalue weighted by Crippen LogP contribution is 2.28. The molecule has 3 nitrogen and oxygen atoms in total. The summed E-state index contributed by atoms with van der Waals surface area (Å²) < 4.78 is 0. The van der Waals surface area contributed by atoms with Crippen molar-refractivity contribution in [3.8, 4) is 0 Å². The largest absolute Gasteiger partial charge is 0.326 e. The molecule has 3 heteroatoms. The summed E-state index contributed by atoms with van der Waals surface area (Å²) in [5, 5.41) is 0. The number of hydrogen-bond acceptors (Lipinski definition) is 2. The topological polar surface area (TPSA) is 46.3 Å². The van der Waals surface area contributed by atoms with Gasteiger partial charge in [0.05, 0.1) is 0 Å². The van der Waals surface area contributed by atoms with E-state index in [1.54, 1.807) is 0 Å². The maximum atomic E-state index is 12.1. The third kappa shape index (κ3) is 2.86. The number of fused-ring (bicyclic) bond motifs is 1. The Morgan fingerprint density at radius 1 is 1.41 bits per heavy atom. The van der Waals surface area contributed by atoms with Gasteiger partial charge in [-0.2, -0.15) is 0 Å². The number of para-hydroxylation sites is 1. The van der Waals surface area contributed by atoms with E-state index in [4.69, 9.17) is 5.73 Å². The number of benzene rings is 1. The maximum Gasteiger partial charge on any atom is 0.227 e. The number of carbonyl (C=O) groups excluding carboxylic acids is 1. The Balaban J connectivity index is 2.03. The third-order valence-electron chi connectivity index (χ3n) is 3.17. The van der Waals surface area contributed by atoms with Crippen molar-refractivity contribution in [1.29, 1.82) is 0 Å². The Morgan fingerprint density at radius 2 is 2.12 bits per heavy atom. The van der Waals surface area contributed by atoms with Gasteiger partial charge in [-0.1, -0.05) is 18.2 Å². The Labute approximate surface area is 103 Å². The first-order valence-electron chi connectivity index (χ1n) is 6.14. The van der Waals surface area contributed by atoms with Crippen molar-refractivity contribution in [3.05, 3.63) is 29.8 Å². The summed E-state index contributed by atoms with van der Waals surface area (Å²) in [6.45, 7) is 4.72. The van der Waals surface area contributed by atoms with Crippen LogP contribution in [0.15, 0.2) is 24.3 Å². The molecule has 2 rings (SSSR count). The molecular formula is C14H20N2O. The van der Waals surface area contributed by atoms with Crippen molar-refractivity contribution in [1.82, 2.24) is 0 Å². The summed E-state index contributed by atoms with van der Waals surface area (Å²) in [7, 11) is 0. The van der Waals surface area contributed by atoms with E-state index in [2.05, 4.69) is 6.07 Å². The first-order valence-corrected chi connectivity index (χ1v) is 6.14. The average Bonchev–Trinajstić information content (AvgIpc) is 2.68. The van der Waals surface area contributed by atoms with E-state index in [0.29, 0.717) is 6.42 Å². The molecule has 0 aliphatic carbocycles. The van der Waals surface area contributed by atoms with Gasteiger partial charge in [-0.05, 0) is 38.3 Å². The zero-order chi connectivity index (χ0) is 12.5. The summed E-state index contributed by atoms with van der Waals surface area (Å²) in [5.41, 5.74) is 7.98. The van der Waals surface area contributed by atoms with Crippen molar-refractivity contribution in [3.63, 3.8) is 0 Å². The molecule has 0 bridgehead atoms. The van der Waals surface area contributed by atoms with Crippen molar-refractivity contribution in [2.24, 2.45) is 5.73 Å².